The average molecular weight is 402 g/mol. The highest BCUT2D eigenvalue weighted by Crippen LogP contribution is 2.24. The number of carbonyl (C=O) groups is 1. The predicted octanol–water partition coefficient (Wildman–Crippen LogP) is 3.45. The van der Waals surface area contributed by atoms with Gasteiger partial charge < -0.3 is 10.1 Å². The maximum absolute atomic E-state index is 12.8. The molecule has 152 valence electrons. The molecule has 7 nitrogen and oxygen atoms in total. The molecule has 0 aliphatic heterocycles. The number of benzene rings is 2. The van der Waals surface area contributed by atoms with E-state index < -0.39 is 0 Å². The molecule has 1 amide bonds. The zero-order chi connectivity index (χ0) is 21.3. The summed E-state index contributed by atoms with van der Waals surface area (Å²) >= 11 is 0. The average Bonchev–Trinajstić information content (AvgIpc) is 3.10. The van der Waals surface area contributed by atoms with E-state index in [-0.39, 0.29) is 18.0 Å². The maximum Gasteiger partial charge on any atom is 0.252 e. The fourth-order valence-electron chi connectivity index (χ4n) is 3.59. The molecular weight excluding hydrogens is 380 g/mol. The first-order valence-corrected chi connectivity index (χ1v) is 9.57. The minimum absolute atomic E-state index is 0.125. The molecule has 2 aromatic heterocycles. The normalized spacial score (nSPS) is 10.9. The topological polar surface area (TPSA) is 78.2 Å². The van der Waals surface area contributed by atoms with E-state index in [1.165, 1.54) is 4.57 Å². The summed E-state index contributed by atoms with van der Waals surface area (Å²) in [6.07, 6.45) is 0. The Labute approximate surface area is 173 Å². The first-order chi connectivity index (χ1) is 14.5. The smallest absolute Gasteiger partial charge is 0.252 e. The number of ether oxygens (including phenoxy) is 1. The van der Waals surface area contributed by atoms with Crippen LogP contribution < -0.4 is 15.6 Å². The number of anilines is 1. The van der Waals surface area contributed by atoms with Crippen LogP contribution >= 0.6 is 0 Å². The molecule has 0 aliphatic rings. The highest BCUT2D eigenvalue weighted by molar-refractivity contribution is 5.92. The SMILES string of the molecule is COc1ccc(NC(=O)Cn2c(=O)cc(C)c3c(C)nn(-c4ccccc4)c32)cc1. The molecule has 0 saturated carbocycles. The molecule has 2 aromatic carbocycles. The van der Waals surface area contributed by atoms with Crippen LogP contribution in [0.5, 0.6) is 5.75 Å². The summed E-state index contributed by atoms with van der Waals surface area (Å²) in [5.74, 6) is 0.401. The summed E-state index contributed by atoms with van der Waals surface area (Å²) < 4.78 is 8.32. The molecule has 0 bridgehead atoms. The third kappa shape index (κ3) is 3.57. The second kappa shape index (κ2) is 7.87. The minimum Gasteiger partial charge on any atom is -0.497 e. The van der Waals surface area contributed by atoms with Crippen LogP contribution in [-0.4, -0.2) is 27.4 Å². The lowest BCUT2D eigenvalue weighted by Crippen LogP contribution is -2.29. The van der Waals surface area contributed by atoms with Crippen molar-refractivity contribution < 1.29 is 9.53 Å². The van der Waals surface area contributed by atoms with Crippen LogP contribution in [0.1, 0.15) is 11.3 Å². The lowest BCUT2D eigenvalue weighted by molar-refractivity contribution is -0.116. The number of carbonyl (C=O) groups excluding carboxylic acids is 1. The summed E-state index contributed by atoms with van der Waals surface area (Å²) in [6, 6.07) is 18.2. The molecule has 30 heavy (non-hydrogen) atoms. The second-order valence-electron chi connectivity index (χ2n) is 7.06. The highest BCUT2D eigenvalue weighted by Gasteiger charge is 2.18. The van der Waals surface area contributed by atoms with Crippen LogP contribution in [0.2, 0.25) is 0 Å². The van der Waals surface area contributed by atoms with Gasteiger partial charge in [0.15, 0.2) is 0 Å². The maximum atomic E-state index is 12.8. The molecule has 0 atom stereocenters. The largest absolute Gasteiger partial charge is 0.497 e. The van der Waals surface area contributed by atoms with Crippen molar-refractivity contribution in [1.29, 1.82) is 0 Å². The summed E-state index contributed by atoms with van der Waals surface area (Å²) in [5.41, 5.74) is 3.45. The molecule has 1 N–H and O–H groups in total. The first-order valence-electron chi connectivity index (χ1n) is 9.57. The van der Waals surface area contributed by atoms with Gasteiger partial charge in [-0.15, -0.1) is 0 Å². The molecular formula is C23H22N4O3. The number of rotatable bonds is 5. The van der Waals surface area contributed by atoms with Crippen molar-refractivity contribution in [3.63, 3.8) is 0 Å². The van der Waals surface area contributed by atoms with Gasteiger partial charge in [-0.2, -0.15) is 5.10 Å². The van der Waals surface area contributed by atoms with Gasteiger partial charge in [-0.25, -0.2) is 4.68 Å². The number of nitrogens with one attached hydrogen (secondary N) is 1. The minimum atomic E-state index is -0.300. The lowest BCUT2D eigenvalue weighted by Gasteiger charge is -2.13. The number of hydrogen-bond donors (Lipinski definition) is 1. The van der Waals surface area contributed by atoms with Crippen molar-refractivity contribution in [3.8, 4) is 11.4 Å². The number of para-hydroxylation sites is 1. The van der Waals surface area contributed by atoms with E-state index in [0.717, 1.165) is 22.3 Å². The summed E-state index contributed by atoms with van der Waals surface area (Å²) in [4.78, 5) is 25.6. The van der Waals surface area contributed by atoms with E-state index in [2.05, 4.69) is 10.4 Å². The highest BCUT2D eigenvalue weighted by atomic mass is 16.5. The fraction of sp³-hybridized carbons (Fsp3) is 0.174. The second-order valence-corrected chi connectivity index (χ2v) is 7.06. The molecule has 0 radical (unpaired) electrons. The number of methoxy groups -OCH3 is 1. The first kappa shape index (κ1) is 19.4. The molecule has 0 unspecified atom stereocenters. The van der Waals surface area contributed by atoms with Gasteiger partial charge in [-0.1, -0.05) is 18.2 Å². The van der Waals surface area contributed by atoms with Crippen LogP contribution in [0, 0.1) is 13.8 Å². The van der Waals surface area contributed by atoms with Crippen molar-refractivity contribution in [2.24, 2.45) is 0 Å². The Morgan fingerprint density at radius 3 is 2.43 bits per heavy atom. The number of aromatic nitrogens is 3. The third-order valence-corrected chi connectivity index (χ3v) is 4.97. The van der Waals surface area contributed by atoms with Gasteiger partial charge in [-0.3, -0.25) is 14.2 Å². The van der Waals surface area contributed by atoms with Gasteiger partial charge in [0.1, 0.15) is 17.9 Å². The van der Waals surface area contributed by atoms with Gasteiger partial charge in [-0.05, 0) is 55.8 Å². The molecule has 0 fully saturated rings. The molecule has 0 aliphatic carbocycles. The van der Waals surface area contributed by atoms with E-state index in [4.69, 9.17) is 4.74 Å². The van der Waals surface area contributed by atoms with Crippen molar-refractivity contribution >= 4 is 22.6 Å². The van der Waals surface area contributed by atoms with Gasteiger partial charge in [0.2, 0.25) is 5.91 Å². The lowest BCUT2D eigenvalue weighted by atomic mass is 10.1. The van der Waals surface area contributed by atoms with Gasteiger partial charge in [0.25, 0.3) is 5.56 Å². The monoisotopic (exact) mass is 402 g/mol. The van der Waals surface area contributed by atoms with E-state index >= 15 is 0 Å². The van der Waals surface area contributed by atoms with Gasteiger partial charge in [0, 0.05) is 17.1 Å². The van der Waals surface area contributed by atoms with Crippen LogP contribution in [0.4, 0.5) is 5.69 Å². The van der Waals surface area contributed by atoms with Gasteiger partial charge in [0.05, 0.1) is 18.5 Å². The van der Waals surface area contributed by atoms with Crippen molar-refractivity contribution in [1.82, 2.24) is 14.3 Å². The Hall–Kier alpha value is -3.87. The van der Waals surface area contributed by atoms with E-state index in [1.807, 2.05) is 44.2 Å². The number of hydrogen-bond acceptors (Lipinski definition) is 4. The molecule has 0 spiro atoms. The standard InChI is InChI=1S/C23H22N4O3/c1-15-13-21(29)26(14-20(28)24-17-9-11-19(30-3)12-10-17)23-22(15)16(2)25-27(23)18-7-5-4-6-8-18/h4-13H,14H2,1-3H3,(H,24,28). The molecule has 2 heterocycles. The Kier molecular flexibility index (Phi) is 5.10. The summed E-state index contributed by atoms with van der Waals surface area (Å²) in [5, 5.41) is 8.35. The van der Waals surface area contributed by atoms with Gasteiger partial charge >= 0.3 is 0 Å². The van der Waals surface area contributed by atoms with Crippen molar-refractivity contribution in [3.05, 3.63) is 82.3 Å². The quantitative estimate of drug-likeness (QED) is 0.555. The Morgan fingerprint density at radius 1 is 1.07 bits per heavy atom. The summed E-state index contributed by atoms with van der Waals surface area (Å²) in [7, 11) is 1.58. The fourth-order valence-corrected chi connectivity index (χ4v) is 3.59. The Bertz CT molecular complexity index is 1270. The van der Waals surface area contributed by atoms with Crippen LogP contribution in [0.15, 0.2) is 65.5 Å². The number of nitrogens with zero attached hydrogens (tertiary/aromatic N) is 3. The van der Waals surface area contributed by atoms with E-state index in [0.29, 0.717) is 17.1 Å². The molecule has 7 heteroatoms. The zero-order valence-corrected chi connectivity index (χ0v) is 17.0. The Balaban J connectivity index is 1.76. The van der Waals surface area contributed by atoms with Crippen LogP contribution in [-0.2, 0) is 11.3 Å². The van der Waals surface area contributed by atoms with E-state index in [1.54, 1.807) is 42.1 Å². The van der Waals surface area contributed by atoms with Crippen LogP contribution in [0.3, 0.4) is 0 Å². The number of aryl methyl sites for hydroxylation is 2. The molecule has 4 aromatic rings. The van der Waals surface area contributed by atoms with E-state index in [9.17, 15) is 9.59 Å². The van der Waals surface area contributed by atoms with Crippen molar-refractivity contribution in [2.75, 3.05) is 12.4 Å². The number of pyridine rings is 1. The van der Waals surface area contributed by atoms with Crippen molar-refractivity contribution in [2.45, 2.75) is 20.4 Å². The summed E-state index contributed by atoms with van der Waals surface area (Å²) in [6.45, 7) is 3.66. The zero-order valence-electron chi connectivity index (χ0n) is 17.0. The molecule has 4 rings (SSSR count). The predicted molar refractivity (Wildman–Crippen MR) is 116 cm³/mol. The van der Waals surface area contributed by atoms with Crippen LogP contribution in [0.25, 0.3) is 16.7 Å². The number of amides is 1. The Morgan fingerprint density at radius 2 is 1.77 bits per heavy atom. The molecule has 0 saturated heterocycles. The third-order valence-electron chi connectivity index (χ3n) is 4.97. The number of fused-ring (bicyclic) bond motifs is 1.